The van der Waals surface area contributed by atoms with Gasteiger partial charge in [-0.2, -0.15) is 0 Å². The molecule has 1 unspecified atom stereocenters. The van der Waals surface area contributed by atoms with E-state index in [-0.39, 0.29) is 17.4 Å². The Bertz CT molecular complexity index is 1290. The van der Waals surface area contributed by atoms with E-state index in [1.165, 1.54) is 0 Å². The fraction of sp³-hybridized carbons (Fsp3) is 0.0833. The number of hydrogen-bond donors (Lipinski definition) is 2. The average molecular weight is 381 g/mol. The van der Waals surface area contributed by atoms with Crippen molar-refractivity contribution in [2.45, 2.75) is 5.92 Å². The number of H-pyrrole nitrogens is 2. The van der Waals surface area contributed by atoms with Crippen LogP contribution in [0.2, 0.25) is 0 Å². The van der Waals surface area contributed by atoms with Crippen LogP contribution >= 0.6 is 0 Å². The average Bonchev–Trinajstić information content (AvgIpc) is 3.34. The SMILES string of the molecule is O=[N+]([O-])CC(c1ccccc1)c1c(-c2cc3ccccc3[nH]2)[nH]c2ccccc12. The van der Waals surface area contributed by atoms with Gasteiger partial charge in [-0.25, -0.2) is 0 Å². The van der Waals surface area contributed by atoms with E-state index in [4.69, 9.17) is 0 Å². The summed E-state index contributed by atoms with van der Waals surface area (Å²) >= 11 is 0. The molecule has 0 amide bonds. The third kappa shape index (κ3) is 3.06. The van der Waals surface area contributed by atoms with Gasteiger partial charge in [0.05, 0.1) is 17.3 Å². The molecule has 29 heavy (non-hydrogen) atoms. The number of nitrogens with one attached hydrogen (secondary N) is 2. The van der Waals surface area contributed by atoms with Crippen LogP contribution in [0.15, 0.2) is 84.9 Å². The Labute approximate surface area is 167 Å². The lowest BCUT2D eigenvalue weighted by atomic mass is 9.88. The van der Waals surface area contributed by atoms with Crippen LogP contribution < -0.4 is 0 Å². The van der Waals surface area contributed by atoms with Crippen molar-refractivity contribution in [3.05, 3.63) is 106 Å². The number of aromatic amines is 2. The van der Waals surface area contributed by atoms with E-state index in [0.29, 0.717) is 0 Å². The molecule has 0 saturated carbocycles. The van der Waals surface area contributed by atoms with Gasteiger partial charge in [-0.15, -0.1) is 0 Å². The Morgan fingerprint density at radius 2 is 1.52 bits per heavy atom. The maximum absolute atomic E-state index is 11.6. The van der Waals surface area contributed by atoms with Crippen molar-refractivity contribution in [1.29, 1.82) is 0 Å². The van der Waals surface area contributed by atoms with E-state index in [2.05, 4.69) is 22.1 Å². The lowest BCUT2D eigenvalue weighted by molar-refractivity contribution is -0.481. The first kappa shape index (κ1) is 17.3. The molecule has 0 aliphatic heterocycles. The molecule has 2 N–H and O–H groups in total. The lowest BCUT2D eigenvalue weighted by Crippen LogP contribution is -2.14. The quantitative estimate of drug-likeness (QED) is 0.302. The summed E-state index contributed by atoms with van der Waals surface area (Å²) in [5.74, 6) is -0.358. The second-order valence-electron chi connectivity index (χ2n) is 7.21. The number of hydrogen-bond acceptors (Lipinski definition) is 2. The second kappa shape index (κ2) is 6.95. The van der Waals surface area contributed by atoms with Gasteiger partial charge < -0.3 is 9.97 Å². The molecule has 5 aromatic rings. The Morgan fingerprint density at radius 1 is 0.828 bits per heavy atom. The molecule has 0 fully saturated rings. The molecule has 0 aliphatic rings. The standard InChI is InChI=1S/C24H19N3O2/c28-27(29)15-19(16-8-2-1-3-9-16)23-18-11-5-7-13-21(18)26-24(23)22-14-17-10-4-6-12-20(17)25-22/h1-14,19,25-26H,15H2. The minimum atomic E-state index is -0.358. The molecule has 1 atom stereocenters. The monoisotopic (exact) mass is 381 g/mol. The van der Waals surface area contributed by atoms with Crippen molar-refractivity contribution in [2.75, 3.05) is 6.54 Å². The molecular weight excluding hydrogens is 362 g/mol. The van der Waals surface area contributed by atoms with Crippen LogP contribution in [-0.4, -0.2) is 21.4 Å². The summed E-state index contributed by atoms with van der Waals surface area (Å²) in [6.45, 7) is -0.168. The van der Waals surface area contributed by atoms with Crippen LogP contribution in [-0.2, 0) is 0 Å². The molecule has 0 radical (unpaired) electrons. The zero-order valence-electron chi connectivity index (χ0n) is 15.6. The van der Waals surface area contributed by atoms with Gasteiger partial charge in [0.15, 0.2) is 0 Å². The summed E-state index contributed by atoms with van der Waals surface area (Å²) in [6.07, 6.45) is 0. The summed E-state index contributed by atoms with van der Waals surface area (Å²) in [7, 11) is 0. The van der Waals surface area contributed by atoms with Gasteiger partial charge in [0.25, 0.3) is 0 Å². The highest BCUT2D eigenvalue weighted by Gasteiger charge is 2.27. The van der Waals surface area contributed by atoms with Gasteiger partial charge in [0, 0.05) is 32.3 Å². The molecule has 3 aromatic carbocycles. The number of fused-ring (bicyclic) bond motifs is 2. The number of aromatic nitrogens is 2. The van der Waals surface area contributed by atoms with Crippen molar-refractivity contribution in [3.8, 4) is 11.4 Å². The minimum absolute atomic E-state index is 0.168. The Morgan fingerprint density at radius 3 is 2.28 bits per heavy atom. The van der Waals surface area contributed by atoms with Crippen LogP contribution in [0.3, 0.4) is 0 Å². The molecule has 142 valence electrons. The molecule has 0 aliphatic carbocycles. The summed E-state index contributed by atoms with van der Waals surface area (Å²) in [5, 5.41) is 13.7. The van der Waals surface area contributed by atoms with Gasteiger partial charge in [0.1, 0.15) is 0 Å². The highest BCUT2D eigenvalue weighted by atomic mass is 16.6. The van der Waals surface area contributed by atoms with Crippen molar-refractivity contribution in [1.82, 2.24) is 9.97 Å². The maximum atomic E-state index is 11.6. The minimum Gasteiger partial charge on any atom is -0.353 e. The molecule has 5 heteroatoms. The molecule has 5 nitrogen and oxygen atoms in total. The van der Waals surface area contributed by atoms with Gasteiger partial charge in [0.2, 0.25) is 6.54 Å². The number of para-hydroxylation sites is 2. The van der Waals surface area contributed by atoms with Crippen LogP contribution in [0, 0.1) is 10.1 Å². The summed E-state index contributed by atoms with van der Waals surface area (Å²) in [6, 6.07) is 27.9. The van der Waals surface area contributed by atoms with Gasteiger partial charge in [-0.05, 0) is 23.8 Å². The van der Waals surface area contributed by atoms with Gasteiger partial charge >= 0.3 is 0 Å². The van der Waals surface area contributed by atoms with E-state index in [0.717, 1.165) is 44.3 Å². The van der Waals surface area contributed by atoms with Crippen molar-refractivity contribution in [3.63, 3.8) is 0 Å². The first-order valence-corrected chi connectivity index (χ1v) is 9.56. The first-order chi connectivity index (χ1) is 14.2. The molecule has 2 heterocycles. The molecule has 2 aromatic heterocycles. The van der Waals surface area contributed by atoms with Gasteiger partial charge in [-0.1, -0.05) is 66.7 Å². The number of nitro groups is 1. The Balaban J connectivity index is 1.79. The van der Waals surface area contributed by atoms with Crippen LogP contribution in [0.25, 0.3) is 33.2 Å². The second-order valence-corrected chi connectivity index (χ2v) is 7.21. The summed E-state index contributed by atoms with van der Waals surface area (Å²) in [4.78, 5) is 18.3. The topological polar surface area (TPSA) is 74.7 Å². The smallest absolute Gasteiger partial charge is 0.214 e. The normalized spacial score (nSPS) is 12.4. The molecular formula is C24H19N3O2. The van der Waals surface area contributed by atoms with Crippen LogP contribution in [0.4, 0.5) is 0 Å². The summed E-state index contributed by atoms with van der Waals surface area (Å²) in [5.41, 5.74) is 5.74. The van der Waals surface area contributed by atoms with E-state index in [1.54, 1.807) is 0 Å². The fourth-order valence-corrected chi connectivity index (χ4v) is 4.14. The van der Waals surface area contributed by atoms with Crippen molar-refractivity contribution >= 4 is 21.8 Å². The van der Waals surface area contributed by atoms with E-state index in [9.17, 15) is 10.1 Å². The van der Waals surface area contributed by atoms with E-state index >= 15 is 0 Å². The molecule has 0 spiro atoms. The third-order valence-electron chi connectivity index (χ3n) is 5.43. The van der Waals surface area contributed by atoms with Crippen molar-refractivity contribution in [2.24, 2.45) is 0 Å². The fourth-order valence-electron chi connectivity index (χ4n) is 4.14. The van der Waals surface area contributed by atoms with Gasteiger partial charge in [-0.3, -0.25) is 10.1 Å². The number of nitrogens with zero attached hydrogens (tertiary/aromatic N) is 1. The van der Waals surface area contributed by atoms with E-state index < -0.39 is 0 Å². The molecule has 5 rings (SSSR count). The number of benzene rings is 3. The Hall–Kier alpha value is -3.86. The van der Waals surface area contributed by atoms with Crippen LogP contribution in [0.5, 0.6) is 0 Å². The van der Waals surface area contributed by atoms with Crippen LogP contribution in [0.1, 0.15) is 17.0 Å². The zero-order chi connectivity index (χ0) is 19.8. The summed E-state index contributed by atoms with van der Waals surface area (Å²) < 4.78 is 0. The highest BCUT2D eigenvalue weighted by Crippen LogP contribution is 2.39. The maximum Gasteiger partial charge on any atom is 0.214 e. The largest absolute Gasteiger partial charge is 0.353 e. The first-order valence-electron chi connectivity index (χ1n) is 9.56. The zero-order valence-corrected chi connectivity index (χ0v) is 15.6. The predicted molar refractivity (Wildman–Crippen MR) is 116 cm³/mol. The number of rotatable bonds is 5. The lowest BCUT2D eigenvalue weighted by Gasteiger charge is -2.15. The molecule has 0 bridgehead atoms. The Kier molecular flexibility index (Phi) is 4.13. The third-order valence-corrected chi connectivity index (χ3v) is 5.43. The van der Waals surface area contributed by atoms with Crippen molar-refractivity contribution < 1.29 is 4.92 Å². The highest BCUT2D eigenvalue weighted by molar-refractivity contribution is 5.94. The molecule has 0 saturated heterocycles. The van der Waals surface area contributed by atoms with E-state index in [1.807, 2.05) is 72.8 Å². The predicted octanol–water partition coefficient (Wildman–Crippen LogP) is 5.72.